The molecule has 2 aromatic carbocycles. The lowest BCUT2D eigenvalue weighted by atomic mass is 10.0. The summed E-state index contributed by atoms with van der Waals surface area (Å²) in [6.45, 7) is 1.99. The number of β-lactam (4-membered cyclic amide) rings is 1. The van der Waals surface area contributed by atoms with Gasteiger partial charge < -0.3 is 20.1 Å². The SMILES string of the molecule is CCOC(=O)c1ccc(SC2(C(=O)O)CS[C@@H]3[C@H](NC(=O)Cc4ccccc4)C(=O)N3C2)c(Br)c1. The molecule has 1 unspecified atom stereocenters. The minimum atomic E-state index is -1.27. The normalized spacial score (nSPS) is 23.1. The first-order chi connectivity index (χ1) is 16.7. The third-order valence-corrected chi connectivity index (χ3v) is 9.76. The lowest BCUT2D eigenvalue weighted by Crippen LogP contribution is -2.74. The van der Waals surface area contributed by atoms with Gasteiger partial charge in [0.05, 0.1) is 18.6 Å². The van der Waals surface area contributed by atoms with Gasteiger partial charge in [-0.25, -0.2) is 4.79 Å². The third-order valence-electron chi connectivity index (χ3n) is 5.72. The molecule has 184 valence electrons. The molecule has 2 fully saturated rings. The number of rotatable bonds is 8. The molecule has 11 heteroatoms. The molecule has 8 nitrogen and oxygen atoms in total. The molecule has 0 bridgehead atoms. The highest BCUT2D eigenvalue weighted by molar-refractivity contribution is 9.10. The van der Waals surface area contributed by atoms with Crippen LogP contribution < -0.4 is 5.32 Å². The van der Waals surface area contributed by atoms with E-state index in [0.717, 1.165) is 17.3 Å². The summed E-state index contributed by atoms with van der Waals surface area (Å²) < 4.78 is 4.31. The van der Waals surface area contributed by atoms with Crippen LogP contribution >= 0.6 is 39.5 Å². The number of aliphatic carboxylic acids is 1. The van der Waals surface area contributed by atoms with Gasteiger partial charge in [-0.15, -0.1) is 23.5 Å². The Kier molecular flexibility index (Phi) is 7.77. The van der Waals surface area contributed by atoms with Gasteiger partial charge in [-0.2, -0.15) is 0 Å². The Hall–Kier alpha value is -2.50. The number of hydrogen-bond donors (Lipinski definition) is 2. The molecule has 2 heterocycles. The molecule has 2 aromatic rings. The molecule has 2 saturated heterocycles. The number of amides is 2. The second kappa shape index (κ2) is 10.6. The molecular weight excluding hydrogens is 556 g/mol. The van der Waals surface area contributed by atoms with Crippen LogP contribution in [0.15, 0.2) is 57.9 Å². The highest BCUT2D eigenvalue weighted by atomic mass is 79.9. The molecule has 4 rings (SSSR count). The van der Waals surface area contributed by atoms with E-state index in [1.54, 1.807) is 25.1 Å². The summed E-state index contributed by atoms with van der Waals surface area (Å²) in [7, 11) is 0. The molecule has 0 radical (unpaired) electrons. The number of esters is 1. The number of benzene rings is 2. The summed E-state index contributed by atoms with van der Waals surface area (Å²) in [4.78, 5) is 51.8. The minimum absolute atomic E-state index is 0.0145. The van der Waals surface area contributed by atoms with E-state index in [-0.39, 0.29) is 42.5 Å². The van der Waals surface area contributed by atoms with Crippen LogP contribution in [0.3, 0.4) is 0 Å². The van der Waals surface area contributed by atoms with Gasteiger partial charge in [0.25, 0.3) is 0 Å². The maximum Gasteiger partial charge on any atom is 0.338 e. The molecule has 0 aliphatic carbocycles. The van der Waals surface area contributed by atoms with Gasteiger partial charge in [0.15, 0.2) is 0 Å². The van der Waals surface area contributed by atoms with E-state index in [1.807, 2.05) is 30.3 Å². The zero-order valence-corrected chi connectivity index (χ0v) is 22.0. The quantitative estimate of drug-likeness (QED) is 0.363. The van der Waals surface area contributed by atoms with Gasteiger partial charge in [0.2, 0.25) is 11.8 Å². The summed E-state index contributed by atoms with van der Waals surface area (Å²) in [5.41, 5.74) is 1.21. The van der Waals surface area contributed by atoms with Crippen LogP contribution in [-0.4, -0.2) is 68.8 Å². The van der Waals surface area contributed by atoms with Crippen LogP contribution in [-0.2, 0) is 25.5 Å². The van der Waals surface area contributed by atoms with Crippen molar-refractivity contribution in [3.8, 4) is 0 Å². The maximum absolute atomic E-state index is 12.8. The van der Waals surface area contributed by atoms with E-state index in [0.29, 0.717) is 14.9 Å². The fourth-order valence-corrected chi connectivity index (χ4v) is 7.38. The van der Waals surface area contributed by atoms with Gasteiger partial charge in [0.1, 0.15) is 16.2 Å². The number of halogens is 1. The molecule has 2 amide bonds. The first kappa shape index (κ1) is 25.6. The fourth-order valence-electron chi connectivity index (χ4n) is 3.93. The van der Waals surface area contributed by atoms with E-state index in [4.69, 9.17) is 4.74 Å². The number of carboxylic acids is 1. The number of carbonyl (C=O) groups is 4. The smallest absolute Gasteiger partial charge is 0.338 e. The van der Waals surface area contributed by atoms with Crippen LogP contribution in [0.5, 0.6) is 0 Å². The third kappa shape index (κ3) is 5.36. The van der Waals surface area contributed by atoms with Crippen LogP contribution in [0.25, 0.3) is 0 Å². The summed E-state index contributed by atoms with van der Waals surface area (Å²) >= 11 is 5.91. The second-order valence-corrected chi connectivity index (χ2v) is 11.5. The molecule has 0 aromatic heterocycles. The predicted molar refractivity (Wildman–Crippen MR) is 136 cm³/mol. The molecule has 3 atom stereocenters. The number of carbonyl (C=O) groups excluding carboxylic acids is 3. The number of ether oxygens (including phenoxy) is 1. The summed E-state index contributed by atoms with van der Waals surface area (Å²) in [6, 6.07) is 13.5. The molecule has 2 aliphatic heterocycles. The Bertz CT molecular complexity index is 1160. The summed E-state index contributed by atoms with van der Waals surface area (Å²) in [6.07, 6.45) is 0.173. The Labute approximate surface area is 219 Å². The second-order valence-electron chi connectivity index (χ2n) is 8.14. The lowest BCUT2D eigenvalue weighted by molar-refractivity contribution is -0.152. The zero-order valence-electron chi connectivity index (χ0n) is 18.7. The lowest BCUT2D eigenvalue weighted by Gasteiger charge is -2.53. The Morgan fingerprint density at radius 2 is 2.00 bits per heavy atom. The Balaban J connectivity index is 1.43. The van der Waals surface area contributed by atoms with Crippen molar-refractivity contribution in [3.05, 3.63) is 64.1 Å². The van der Waals surface area contributed by atoms with Crippen molar-refractivity contribution in [1.29, 1.82) is 0 Å². The van der Waals surface area contributed by atoms with Gasteiger partial charge >= 0.3 is 11.9 Å². The first-order valence-electron chi connectivity index (χ1n) is 10.9. The molecule has 35 heavy (non-hydrogen) atoms. The summed E-state index contributed by atoms with van der Waals surface area (Å²) in [5, 5.41) is 12.6. The van der Waals surface area contributed by atoms with Crippen molar-refractivity contribution < 1.29 is 29.0 Å². The first-order valence-corrected chi connectivity index (χ1v) is 13.5. The fraction of sp³-hybridized carbons (Fsp3) is 0.333. The Morgan fingerprint density at radius 3 is 2.66 bits per heavy atom. The van der Waals surface area contributed by atoms with Gasteiger partial charge in [-0.3, -0.25) is 14.4 Å². The van der Waals surface area contributed by atoms with Crippen molar-refractivity contribution >= 4 is 63.2 Å². The molecule has 2 aliphatic rings. The largest absolute Gasteiger partial charge is 0.480 e. The zero-order chi connectivity index (χ0) is 25.2. The molecule has 2 N–H and O–H groups in total. The van der Waals surface area contributed by atoms with Crippen LogP contribution in [0.2, 0.25) is 0 Å². The predicted octanol–water partition coefficient (Wildman–Crippen LogP) is 3.18. The van der Waals surface area contributed by atoms with Gasteiger partial charge in [0, 0.05) is 21.7 Å². The van der Waals surface area contributed by atoms with Gasteiger partial charge in [-0.1, -0.05) is 30.3 Å². The molecule has 0 spiro atoms. The number of thioether (sulfide) groups is 2. The topological polar surface area (TPSA) is 113 Å². The highest BCUT2D eigenvalue weighted by Crippen LogP contribution is 2.47. The van der Waals surface area contributed by atoms with Crippen LogP contribution in [0, 0.1) is 0 Å². The van der Waals surface area contributed by atoms with Crippen molar-refractivity contribution in [1.82, 2.24) is 10.2 Å². The van der Waals surface area contributed by atoms with Gasteiger partial charge in [-0.05, 0) is 46.6 Å². The average Bonchev–Trinajstić information content (AvgIpc) is 2.84. The maximum atomic E-state index is 12.8. The van der Waals surface area contributed by atoms with Crippen molar-refractivity contribution in [2.24, 2.45) is 0 Å². The number of nitrogens with one attached hydrogen (secondary N) is 1. The number of carboxylic acid groups (broad SMARTS) is 1. The van der Waals surface area contributed by atoms with E-state index in [2.05, 4.69) is 21.2 Å². The Morgan fingerprint density at radius 1 is 1.26 bits per heavy atom. The van der Waals surface area contributed by atoms with E-state index >= 15 is 0 Å². The number of fused-ring (bicyclic) bond motifs is 1. The molecule has 0 saturated carbocycles. The van der Waals surface area contributed by atoms with Crippen molar-refractivity contribution in [2.45, 2.75) is 34.4 Å². The van der Waals surface area contributed by atoms with Crippen molar-refractivity contribution in [3.63, 3.8) is 0 Å². The minimum Gasteiger partial charge on any atom is -0.480 e. The van der Waals surface area contributed by atoms with Crippen LogP contribution in [0.1, 0.15) is 22.8 Å². The summed E-state index contributed by atoms with van der Waals surface area (Å²) in [5.74, 6) is -1.77. The van der Waals surface area contributed by atoms with E-state index in [1.165, 1.54) is 16.7 Å². The average molecular weight is 579 g/mol. The number of nitrogens with zero attached hydrogens (tertiary/aromatic N) is 1. The monoisotopic (exact) mass is 578 g/mol. The molecular formula is C24H23BrN2O6S2. The van der Waals surface area contributed by atoms with E-state index < -0.39 is 22.7 Å². The standard InChI is InChI=1S/C24H23BrN2O6S2/c1-2-33-22(30)15-8-9-17(16(25)11-15)35-24(23(31)32)12-27-20(29)19(21(27)34-13-24)26-18(28)10-14-6-4-3-5-7-14/h3-9,11,19,21H,2,10,12-13H2,1H3,(H,26,28)(H,31,32)/t19-,21-,24?/m1/s1. The van der Waals surface area contributed by atoms with E-state index in [9.17, 15) is 24.3 Å². The highest BCUT2D eigenvalue weighted by Gasteiger charge is 2.58. The number of hydrogen-bond acceptors (Lipinski definition) is 7. The van der Waals surface area contributed by atoms with Crippen LogP contribution in [0.4, 0.5) is 0 Å². The van der Waals surface area contributed by atoms with Crippen molar-refractivity contribution in [2.75, 3.05) is 18.9 Å².